The third kappa shape index (κ3) is 5.31. The summed E-state index contributed by atoms with van der Waals surface area (Å²) in [4.78, 5) is 2.55. The molecule has 0 radical (unpaired) electrons. The second kappa shape index (κ2) is 11.0. The van der Waals surface area contributed by atoms with Gasteiger partial charge in [0, 0.05) is 46.7 Å². The van der Waals surface area contributed by atoms with Crippen LogP contribution in [0.5, 0.6) is 11.5 Å². The summed E-state index contributed by atoms with van der Waals surface area (Å²) in [6, 6.07) is 13.2. The molecule has 35 heavy (non-hydrogen) atoms. The Morgan fingerprint density at radius 2 is 1.77 bits per heavy atom. The molecule has 5 nitrogen and oxygen atoms in total. The van der Waals surface area contributed by atoms with Gasteiger partial charge < -0.3 is 25.0 Å². The Bertz CT molecular complexity index is 1090. The fourth-order valence-corrected chi connectivity index (χ4v) is 5.56. The fourth-order valence-electron chi connectivity index (χ4n) is 5.43. The Balaban J connectivity index is 1.44. The topological polar surface area (TPSA) is 45.8 Å². The van der Waals surface area contributed by atoms with Crippen LogP contribution in [0.3, 0.4) is 0 Å². The largest absolute Gasteiger partial charge is 0.493 e. The van der Waals surface area contributed by atoms with Gasteiger partial charge in [0.15, 0.2) is 11.5 Å². The molecule has 0 amide bonds. The summed E-state index contributed by atoms with van der Waals surface area (Å²) in [6.45, 7) is 3.81. The van der Waals surface area contributed by atoms with Gasteiger partial charge in [-0.3, -0.25) is 0 Å². The van der Waals surface area contributed by atoms with Gasteiger partial charge in [0.2, 0.25) is 0 Å². The molecule has 2 N–H and O–H groups in total. The predicted octanol–water partition coefficient (Wildman–Crippen LogP) is 5.75. The second-order valence-electron chi connectivity index (χ2n) is 9.73. The SMILES string of the molecule is COc1cc(C2=CC(CN(c3ccc(Cl)cc3)C3CCNCC3)=CCN2)cc(C2CCC2)c1OC. The van der Waals surface area contributed by atoms with E-state index in [2.05, 4.69) is 52.0 Å². The highest BCUT2D eigenvalue weighted by Crippen LogP contribution is 2.46. The van der Waals surface area contributed by atoms with Crippen molar-refractivity contribution >= 4 is 23.0 Å². The zero-order valence-electron chi connectivity index (χ0n) is 20.8. The lowest BCUT2D eigenvalue weighted by atomic mass is 9.79. The third-order valence-electron chi connectivity index (χ3n) is 7.61. The van der Waals surface area contributed by atoms with Gasteiger partial charge >= 0.3 is 0 Å². The molecule has 3 aliphatic rings. The number of nitrogens with one attached hydrogen (secondary N) is 2. The maximum Gasteiger partial charge on any atom is 0.164 e. The molecule has 2 fully saturated rings. The Kier molecular flexibility index (Phi) is 7.54. The Labute approximate surface area is 214 Å². The van der Waals surface area contributed by atoms with Crippen molar-refractivity contribution in [2.24, 2.45) is 0 Å². The van der Waals surface area contributed by atoms with Crippen LogP contribution in [0.4, 0.5) is 5.69 Å². The first-order valence-corrected chi connectivity index (χ1v) is 13.2. The number of nitrogens with zero attached hydrogens (tertiary/aromatic N) is 1. The summed E-state index contributed by atoms with van der Waals surface area (Å²) >= 11 is 6.20. The molecule has 1 saturated carbocycles. The molecule has 0 atom stereocenters. The van der Waals surface area contributed by atoms with E-state index in [1.54, 1.807) is 14.2 Å². The van der Waals surface area contributed by atoms with E-state index in [9.17, 15) is 0 Å². The first-order valence-electron chi connectivity index (χ1n) is 12.8. The molecule has 2 aromatic rings. The lowest BCUT2D eigenvalue weighted by Gasteiger charge is -2.37. The quantitative estimate of drug-likeness (QED) is 0.490. The Hall–Kier alpha value is -2.63. The molecule has 1 saturated heterocycles. The fraction of sp³-hybridized carbons (Fsp3) is 0.448. The molecule has 0 unspecified atom stereocenters. The summed E-state index contributed by atoms with van der Waals surface area (Å²) in [5.74, 6) is 2.24. The van der Waals surface area contributed by atoms with E-state index in [1.807, 2.05) is 12.1 Å². The van der Waals surface area contributed by atoms with Crippen molar-refractivity contribution in [3.05, 3.63) is 70.3 Å². The van der Waals surface area contributed by atoms with Crippen molar-refractivity contribution in [3.63, 3.8) is 0 Å². The zero-order chi connectivity index (χ0) is 24.2. The predicted molar refractivity (Wildman–Crippen MR) is 145 cm³/mol. The number of anilines is 1. The van der Waals surface area contributed by atoms with Gasteiger partial charge in [-0.25, -0.2) is 0 Å². The van der Waals surface area contributed by atoms with Gasteiger partial charge in [-0.15, -0.1) is 0 Å². The van der Waals surface area contributed by atoms with Crippen LogP contribution in [-0.2, 0) is 0 Å². The molecule has 0 spiro atoms. The van der Waals surface area contributed by atoms with Crippen LogP contribution >= 0.6 is 11.6 Å². The number of rotatable bonds is 8. The minimum absolute atomic E-state index is 0.511. The van der Waals surface area contributed by atoms with Crippen LogP contribution < -0.4 is 25.0 Å². The van der Waals surface area contributed by atoms with E-state index in [0.29, 0.717) is 12.0 Å². The molecule has 0 bridgehead atoms. The Morgan fingerprint density at radius 3 is 2.43 bits per heavy atom. The summed E-state index contributed by atoms with van der Waals surface area (Å²) < 4.78 is 11.5. The van der Waals surface area contributed by atoms with Crippen molar-refractivity contribution in [1.29, 1.82) is 0 Å². The first kappa shape index (κ1) is 24.1. The highest BCUT2D eigenvalue weighted by atomic mass is 35.5. The number of piperidine rings is 1. The smallest absolute Gasteiger partial charge is 0.164 e. The number of halogens is 1. The molecule has 5 rings (SSSR count). The van der Waals surface area contributed by atoms with Gasteiger partial charge in [-0.2, -0.15) is 0 Å². The number of ether oxygens (including phenoxy) is 2. The van der Waals surface area contributed by atoms with Gasteiger partial charge in [-0.05, 0) is 92.7 Å². The zero-order valence-corrected chi connectivity index (χ0v) is 21.5. The van der Waals surface area contributed by atoms with Crippen molar-refractivity contribution in [2.45, 2.75) is 44.1 Å². The highest BCUT2D eigenvalue weighted by molar-refractivity contribution is 6.30. The van der Waals surface area contributed by atoms with Crippen molar-refractivity contribution in [3.8, 4) is 11.5 Å². The van der Waals surface area contributed by atoms with E-state index >= 15 is 0 Å². The molecule has 2 aliphatic heterocycles. The number of hydrogen-bond donors (Lipinski definition) is 2. The average Bonchev–Trinajstić information content (AvgIpc) is 2.87. The lowest BCUT2D eigenvalue weighted by molar-refractivity contribution is 0.337. The summed E-state index contributed by atoms with van der Waals surface area (Å²) in [6.07, 6.45) is 10.6. The number of benzene rings is 2. The molecule has 0 aromatic heterocycles. The first-order chi connectivity index (χ1) is 17.2. The van der Waals surface area contributed by atoms with E-state index < -0.39 is 0 Å². The van der Waals surface area contributed by atoms with Crippen LogP contribution in [-0.4, -0.2) is 46.4 Å². The van der Waals surface area contributed by atoms with Crippen LogP contribution in [0.25, 0.3) is 5.70 Å². The monoisotopic (exact) mass is 493 g/mol. The standard InChI is InChI=1S/C29H36ClN3O2/c1-34-28-18-22(17-26(29(28)35-2)21-4-3-5-21)27-16-20(10-15-32-27)19-33(25-11-13-31-14-12-25)24-8-6-23(30)7-9-24/h6-10,16-18,21,25,31-32H,3-5,11-15,19H2,1-2H3. The number of dihydropyridines is 1. The molecular formula is C29H36ClN3O2. The van der Waals surface area contributed by atoms with Crippen LogP contribution in [0, 0.1) is 0 Å². The maximum atomic E-state index is 6.20. The van der Waals surface area contributed by atoms with Crippen molar-refractivity contribution < 1.29 is 9.47 Å². The van der Waals surface area contributed by atoms with Gasteiger partial charge in [0.1, 0.15) is 0 Å². The third-order valence-corrected chi connectivity index (χ3v) is 7.86. The minimum Gasteiger partial charge on any atom is -0.493 e. The Morgan fingerprint density at radius 1 is 1.00 bits per heavy atom. The highest BCUT2D eigenvalue weighted by Gasteiger charge is 2.27. The second-order valence-corrected chi connectivity index (χ2v) is 10.2. The lowest BCUT2D eigenvalue weighted by Crippen LogP contribution is -2.44. The van der Waals surface area contributed by atoms with Crippen molar-refractivity contribution in [2.75, 3.05) is 45.3 Å². The molecule has 1 aliphatic carbocycles. The van der Waals surface area contributed by atoms with Gasteiger partial charge in [-0.1, -0.05) is 24.1 Å². The minimum atomic E-state index is 0.511. The molecule has 2 heterocycles. The normalized spacial score (nSPS) is 18.7. The molecular weight excluding hydrogens is 458 g/mol. The summed E-state index contributed by atoms with van der Waals surface area (Å²) in [5, 5.41) is 7.87. The van der Waals surface area contributed by atoms with E-state index in [-0.39, 0.29) is 0 Å². The van der Waals surface area contributed by atoms with E-state index in [4.69, 9.17) is 21.1 Å². The van der Waals surface area contributed by atoms with E-state index in [1.165, 1.54) is 36.1 Å². The maximum absolute atomic E-state index is 6.20. The number of hydrogen-bond acceptors (Lipinski definition) is 5. The van der Waals surface area contributed by atoms with Crippen LogP contribution in [0.1, 0.15) is 49.1 Å². The average molecular weight is 494 g/mol. The molecule has 186 valence electrons. The summed E-state index contributed by atoms with van der Waals surface area (Å²) in [7, 11) is 3.47. The van der Waals surface area contributed by atoms with Crippen LogP contribution in [0.15, 0.2) is 54.1 Å². The van der Waals surface area contributed by atoms with E-state index in [0.717, 1.165) is 66.8 Å². The molecule has 6 heteroatoms. The summed E-state index contributed by atoms with van der Waals surface area (Å²) in [5.41, 5.74) is 6.13. The van der Waals surface area contributed by atoms with Crippen LogP contribution in [0.2, 0.25) is 5.02 Å². The van der Waals surface area contributed by atoms with Gasteiger partial charge in [0.25, 0.3) is 0 Å². The number of methoxy groups -OCH3 is 2. The molecule has 2 aromatic carbocycles. The van der Waals surface area contributed by atoms with Crippen molar-refractivity contribution in [1.82, 2.24) is 10.6 Å². The van der Waals surface area contributed by atoms with Gasteiger partial charge in [0.05, 0.1) is 14.2 Å².